The lowest BCUT2D eigenvalue weighted by atomic mass is 9.83. The Bertz CT molecular complexity index is 1080. The highest BCUT2D eigenvalue weighted by atomic mass is 32.2. The zero-order chi connectivity index (χ0) is 25.5. The quantitative estimate of drug-likeness (QED) is 0.370. The minimum absolute atomic E-state index is 0.164. The molecule has 34 heavy (non-hydrogen) atoms. The van der Waals surface area contributed by atoms with Crippen LogP contribution in [0.3, 0.4) is 0 Å². The van der Waals surface area contributed by atoms with E-state index in [1.807, 2.05) is 6.92 Å². The highest BCUT2D eigenvalue weighted by Gasteiger charge is 2.28. The van der Waals surface area contributed by atoms with Gasteiger partial charge >= 0.3 is 6.09 Å². The maximum Gasteiger partial charge on any atom is 0.426 e. The van der Waals surface area contributed by atoms with E-state index in [0.717, 1.165) is 5.56 Å². The molecule has 2 atom stereocenters. The third kappa shape index (κ3) is 8.75. The number of ether oxygens (including phenoxy) is 1. The predicted molar refractivity (Wildman–Crippen MR) is 125 cm³/mol. The first-order valence-electron chi connectivity index (χ1n) is 10.9. The molecule has 2 aromatic rings. The Balaban J connectivity index is 2.04. The van der Waals surface area contributed by atoms with Crippen LogP contribution >= 0.6 is 0 Å². The van der Waals surface area contributed by atoms with Crippen molar-refractivity contribution in [2.24, 2.45) is 5.92 Å². The molecule has 0 aromatic heterocycles. The van der Waals surface area contributed by atoms with E-state index >= 15 is 0 Å². The monoisotopic (exact) mass is 494 g/mol. The molecule has 0 saturated carbocycles. The van der Waals surface area contributed by atoms with Crippen molar-refractivity contribution in [1.29, 1.82) is 0 Å². The third-order valence-electron chi connectivity index (χ3n) is 5.11. The van der Waals surface area contributed by atoms with Gasteiger partial charge in [-0.2, -0.15) is 8.42 Å². The molecule has 2 aromatic carbocycles. The SMILES string of the molecule is CC(CCCc1ccc(S(=O)(=O)O)cc1)C(C(=O)NNC(=O)OC(C)(C)C)c1ccc(F)cc1. The van der Waals surface area contributed by atoms with Crippen LogP contribution in [0.25, 0.3) is 0 Å². The van der Waals surface area contributed by atoms with E-state index in [1.165, 1.54) is 36.4 Å². The van der Waals surface area contributed by atoms with Gasteiger partial charge < -0.3 is 4.74 Å². The molecule has 0 spiro atoms. The van der Waals surface area contributed by atoms with E-state index in [4.69, 9.17) is 9.29 Å². The summed E-state index contributed by atoms with van der Waals surface area (Å²) in [6, 6.07) is 11.6. The number of carbonyl (C=O) groups is 2. The van der Waals surface area contributed by atoms with Crippen LogP contribution in [0.4, 0.5) is 9.18 Å². The van der Waals surface area contributed by atoms with Crippen LogP contribution in [0.1, 0.15) is 57.6 Å². The lowest BCUT2D eigenvalue weighted by molar-refractivity contribution is -0.124. The number of benzene rings is 2. The lowest BCUT2D eigenvalue weighted by Crippen LogP contribution is -2.47. The molecule has 0 bridgehead atoms. The molecular weight excluding hydrogens is 463 g/mol. The highest BCUT2D eigenvalue weighted by molar-refractivity contribution is 7.85. The van der Waals surface area contributed by atoms with Gasteiger partial charge in [0, 0.05) is 0 Å². The minimum atomic E-state index is -4.24. The smallest absolute Gasteiger partial charge is 0.426 e. The van der Waals surface area contributed by atoms with Gasteiger partial charge in [-0.3, -0.25) is 14.8 Å². The molecule has 0 radical (unpaired) electrons. The molecule has 0 fully saturated rings. The van der Waals surface area contributed by atoms with Crippen molar-refractivity contribution >= 4 is 22.1 Å². The first-order chi connectivity index (χ1) is 15.8. The average molecular weight is 495 g/mol. The van der Waals surface area contributed by atoms with Gasteiger partial charge in [0.05, 0.1) is 10.8 Å². The molecule has 0 heterocycles. The van der Waals surface area contributed by atoms with Gasteiger partial charge in [0.15, 0.2) is 0 Å². The second-order valence-corrected chi connectivity index (χ2v) is 10.6. The Morgan fingerprint density at radius 3 is 2.15 bits per heavy atom. The molecule has 0 aliphatic rings. The zero-order valence-electron chi connectivity index (χ0n) is 19.7. The van der Waals surface area contributed by atoms with Crippen molar-refractivity contribution in [1.82, 2.24) is 10.9 Å². The number of hydrogen-bond donors (Lipinski definition) is 3. The van der Waals surface area contributed by atoms with Crippen molar-refractivity contribution < 1.29 is 31.7 Å². The Morgan fingerprint density at radius 1 is 1.03 bits per heavy atom. The van der Waals surface area contributed by atoms with Crippen molar-refractivity contribution in [3.05, 3.63) is 65.5 Å². The number of nitrogens with one attached hydrogen (secondary N) is 2. The number of aryl methyl sites for hydroxylation is 1. The standard InChI is InChI=1S/C24H31FN2O6S/c1-16(6-5-7-17-8-14-20(15-9-17)34(30,31)32)21(18-10-12-19(25)13-11-18)22(28)26-27-23(29)33-24(2,3)4/h8-16,21H,5-7H2,1-4H3,(H,26,28)(H,27,29)(H,30,31,32). The summed E-state index contributed by atoms with van der Waals surface area (Å²) in [6.45, 7) is 7.00. The van der Waals surface area contributed by atoms with Crippen molar-refractivity contribution in [3.63, 3.8) is 0 Å². The summed E-state index contributed by atoms with van der Waals surface area (Å²) in [7, 11) is -4.24. The third-order valence-corrected chi connectivity index (χ3v) is 5.98. The maximum absolute atomic E-state index is 13.4. The lowest BCUT2D eigenvalue weighted by Gasteiger charge is -2.25. The van der Waals surface area contributed by atoms with Gasteiger partial charge in [0.1, 0.15) is 11.4 Å². The molecule has 2 amide bonds. The fraction of sp³-hybridized carbons (Fsp3) is 0.417. The van der Waals surface area contributed by atoms with Crippen LogP contribution in [0, 0.1) is 11.7 Å². The highest BCUT2D eigenvalue weighted by Crippen LogP contribution is 2.29. The second-order valence-electron chi connectivity index (χ2n) is 9.13. The topological polar surface area (TPSA) is 122 Å². The molecule has 0 aliphatic heterocycles. The van der Waals surface area contributed by atoms with E-state index in [2.05, 4.69) is 10.9 Å². The van der Waals surface area contributed by atoms with Crippen LogP contribution in [0.5, 0.6) is 0 Å². The van der Waals surface area contributed by atoms with Gasteiger partial charge in [-0.05, 0) is 81.3 Å². The van der Waals surface area contributed by atoms with Crippen LogP contribution in [-0.2, 0) is 26.1 Å². The van der Waals surface area contributed by atoms with Gasteiger partial charge in [-0.15, -0.1) is 0 Å². The summed E-state index contributed by atoms with van der Waals surface area (Å²) in [5.41, 5.74) is 5.41. The Kier molecular flexibility index (Phi) is 9.17. The summed E-state index contributed by atoms with van der Waals surface area (Å²) in [6.07, 6.45) is 1.16. The minimum Gasteiger partial charge on any atom is -0.443 e. The van der Waals surface area contributed by atoms with Crippen molar-refractivity contribution in [3.8, 4) is 0 Å². The van der Waals surface area contributed by atoms with Crippen LogP contribution in [-0.4, -0.2) is 30.6 Å². The summed E-state index contributed by atoms with van der Waals surface area (Å²) < 4.78 is 50.0. The van der Waals surface area contributed by atoms with Crippen molar-refractivity contribution in [2.45, 2.75) is 63.4 Å². The largest absolute Gasteiger partial charge is 0.443 e. The van der Waals surface area contributed by atoms with Gasteiger partial charge in [0.2, 0.25) is 5.91 Å². The summed E-state index contributed by atoms with van der Waals surface area (Å²) >= 11 is 0. The van der Waals surface area contributed by atoms with E-state index in [1.54, 1.807) is 32.9 Å². The average Bonchev–Trinajstić information content (AvgIpc) is 2.72. The summed E-state index contributed by atoms with van der Waals surface area (Å²) in [4.78, 5) is 24.7. The van der Waals surface area contributed by atoms with Crippen LogP contribution < -0.4 is 10.9 Å². The molecule has 2 rings (SSSR count). The molecule has 186 valence electrons. The first kappa shape index (κ1) is 27.3. The summed E-state index contributed by atoms with van der Waals surface area (Å²) in [5, 5.41) is 0. The number of amides is 2. The van der Waals surface area contributed by atoms with E-state index in [-0.39, 0.29) is 10.8 Å². The van der Waals surface area contributed by atoms with Crippen molar-refractivity contribution in [2.75, 3.05) is 0 Å². The van der Waals surface area contributed by atoms with E-state index in [0.29, 0.717) is 24.8 Å². The number of rotatable bonds is 8. The van der Waals surface area contributed by atoms with Gasteiger partial charge in [0.25, 0.3) is 10.1 Å². The second kappa shape index (κ2) is 11.4. The number of halogens is 1. The molecule has 3 N–H and O–H groups in total. The molecule has 2 unspecified atom stereocenters. The van der Waals surface area contributed by atoms with Crippen LogP contribution in [0.15, 0.2) is 53.4 Å². The molecular formula is C24H31FN2O6S. The van der Waals surface area contributed by atoms with E-state index in [9.17, 15) is 22.4 Å². The molecule has 8 nitrogen and oxygen atoms in total. The number of carbonyl (C=O) groups excluding carboxylic acids is 2. The predicted octanol–water partition coefficient (Wildman–Crippen LogP) is 4.37. The Morgan fingerprint density at radius 2 is 1.62 bits per heavy atom. The fourth-order valence-corrected chi connectivity index (χ4v) is 4.01. The Hall–Kier alpha value is -2.98. The number of hydrogen-bond acceptors (Lipinski definition) is 5. The zero-order valence-corrected chi connectivity index (χ0v) is 20.5. The van der Waals surface area contributed by atoms with E-state index < -0.39 is 39.5 Å². The van der Waals surface area contributed by atoms with Gasteiger partial charge in [-0.25, -0.2) is 14.6 Å². The van der Waals surface area contributed by atoms with Gasteiger partial charge in [-0.1, -0.05) is 31.2 Å². The molecule has 0 aliphatic carbocycles. The first-order valence-corrected chi connectivity index (χ1v) is 12.3. The fourth-order valence-electron chi connectivity index (χ4n) is 3.53. The molecule has 10 heteroatoms. The normalized spacial score (nSPS) is 13.6. The maximum atomic E-state index is 13.4. The number of hydrazine groups is 1. The summed E-state index contributed by atoms with van der Waals surface area (Å²) in [5.74, 6) is -1.70. The molecule has 0 saturated heterocycles. The van der Waals surface area contributed by atoms with Crippen LogP contribution in [0.2, 0.25) is 0 Å². The Labute approximate surface area is 199 Å².